The van der Waals surface area contributed by atoms with Crippen LogP contribution in [-0.2, 0) is 11.3 Å². The van der Waals surface area contributed by atoms with Crippen molar-refractivity contribution in [3.8, 4) is 0 Å². The van der Waals surface area contributed by atoms with Gasteiger partial charge in [-0.05, 0) is 12.1 Å². The van der Waals surface area contributed by atoms with Gasteiger partial charge in [0.15, 0.2) is 5.76 Å². The number of carboxylic acid groups (broad SMARTS) is 1. The zero-order valence-corrected chi connectivity index (χ0v) is 11.0. The van der Waals surface area contributed by atoms with Gasteiger partial charge in [-0.2, -0.15) is 0 Å². The van der Waals surface area contributed by atoms with Gasteiger partial charge >= 0.3 is 5.97 Å². The van der Waals surface area contributed by atoms with Gasteiger partial charge in [-0.15, -0.1) is 5.10 Å². The normalized spacial score (nSPS) is 12.0. The summed E-state index contributed by atoms with van der Waals surface area (Å²) >= 11 is 0. The fourth-order valence-corrected chi connectivity index (χ4v) is 1.68. The topological polar surface area (TPSA) is 130 Å². The van der Waals surface area contributed by atoms with Crippen LogP contribution in [0.25, 0.3) is 0 Å². The SMILES string of the molecule is O=C(N[C@@H](CCO)C(=O)O)c1ccc(Cn2ccnn2)o1. The van der Waals surface area contributed by atoms with Crippen molar-refractivity contribution in [3.63, 3.8) is 0 Å². The van der Waals surface area contributed by atoms with E-state index in [0.717, 1.165) is 0 Å². The number of rotatable bonds is 7. The summed E-state index contributed by atoms with van der Waals surface area (Å²) in [5, 5.41) is 27.3. The number of aliphatic carboxylic acids is 1. The van der Waals surface area contributed by atoms with Gasteiger partial charge in [-0.25, -0.2) is 9.48 Å². The van der Waals surface area contributed by atoms with Gasteiger partial charge in [-0.1, -0.05) is 5.21 Å². The van der Waals surface area contributed by atoms with Crippen LogP contribution in [0.1, 0.15) is 22.7 Å². The molecular weight excluding hydrogens is 280 g/mol. The number of hydrogen-bond acceptors (Lipinski definition) is 6. The maximum atomic E-state index is 11.9. The molecule has 0 saturated carbocycles. The molecule has 112 valence electrons. The molecule has 9 heteroatoms. The number of nitrogens with one attached hydrogen (secondary N) is 1. The van der Waals surface area contributed by atoms with Crippen LogP contribution in [0, 0.1) is 0 Å². The van der Waals surface area contributed by atoms with Crippen molar-refractivity contribution in [2.75, 3.05) is 6.61 Å². The molecule has 0 saturated heterocycles. The lowest BCUT2D eigenvalue weighted by Crippen LogP contribution is -2.41. The van der Waals surface area contributed by atoms with Crippen molar-refractivity contribution in [2.45, 2.75) is 19.0 Å². The second-order valence-corrected chi connectivity index (χ2v) is 4.24. The number of nitrogens with zero attached hydrogens (tertiary/aromatic N) is 3. The van der Waals surface area contributed by atoms with E-state index in [4.69, 9.17) is 14.6 Å². The molecule has 0 aliphatic rings. The van der Waals surface area contributed by atoms with E-state index >= 15 is 0 Å². The van der Waals surface area contributed by atoms with E-state index in [-0.39, 0.29) is 18.8 Å². The van der Waals surface area contributed by atoms with Crippen LogP contribution in [0.5, 0.6) is 0 Å². The van der Waals surface area contributed by atoms with Crippen LogP contribution in [0.15, 0.2) is 28.9 Å². The highest BCUT2D eigenvalue weighted by atomic mass is 16.4. The van der Waals surface area contributed by atoms with Gasteiger partial charge in [0.2, 0.25) is 0 Å². The lowest BCUT2D eigenvalue weighted by molar-refractivity contribution is -0.139. The summed E-state index contributed by atoms with van der Waals surface area (Å²) in [6.07, 6.45) is 3.08. The molecule has 0 radical (unpaired) electrons. The zero-order chi connectivity index (χ0) is 15.2. The molecule has 0 aromatic carbocycles. The number of aromatic nitrogens is 3. The van der Waals surface area contributed by atoms with Crippen molar-refractivity contribution < 1.29 is 24.2 Å². The molecule has 0 aliphatic carbocycles. The molecule has 9 nitrogen and oxygen atoms in total. The summed E-state index contributed by atoms with van der Waals surface area (Å²) in [5.74, 6) is -1.39. The number of carboxylic acids is 1. The summed E-state index contributed by atoms with van der Waals surface area (Å²) in [5.41, 5.74) is 0. The van der Waals surface area contributed by atoms with E-state index in [1.807, 2.05) is 0 Å². The Kier molecular flexibility index (Phi) is 4.67. The van der Waals surface area contributed by atoms with Gasteiger partial charge in [0.1, 0.15) is 18.3 Å². The van der Waals surface area contributed by atoms with E-state index in [1.54, 1.807) is 12.3 Å². The quantitative estimate of drug-likeness (QED) is 0.626. The number of aliphatic hydroxyl groups excluding tert-OH is 1. The van der Waals surface area contributed by atoms with Gasteiger partial charge in [0.25, 0.3) is 5.91 Å². The Morgan fingerprint density at radius 2 is 2.24 bits per heavy atom. The number of amides is 1. The second-order valence-electron chi connectivity index (χ2n) is 4.24. The molecule has 21 heavy (non-hydrogen) atoms. The van der Waals surface area contributed by atoms with Crippen LogP contribution < -0.4 is 5.32 Å². The maximum absolute atomic E-state index is 11.9. The van der Waals surface area contributed by atoms with E-state index in [0.29, 0.717) is 12.3 Å². The van der Waals surface area contributed by atoms with Gasteiger partial charge in [0.05, 0.1) is 6.20 Å². The summed E-state index contributed by atoms with van der Waals surface area (Å²) in [7, 11) is 0. The first-order valence-electron chi connectivity index (χ1n) is 6.17. The maximum Gasteiger partial charge on any atom is 0.326 e. The third kappa shape index (κ3) is 3.89. The van der Waals surface area contributed by atoms with Crippen LogP contribution in [0.4, 0.5) is 0 Å². The predicted octanol–water partition coefficient (Wildman–Crippen LogP) is -0.515. The van der Waals surface area contributed by atoms with Gasteiger partial charge < -0.3 is 19.9 Å². The molecule has 2 aromatic heterocycles. The van der Waals surface area contributed by atoms with Crippen molar-refractivity contribution in [1.82, 2.24) is 20.3 Å². The minimum absolute atomic E-state index is 0.00527. The number of carbonyl (C=O) groups excluding carboxylic acids is 1. The molecule has 0 unspecified atom stereocenters. The lowest BCUT2D eigenvalue weighted by Gasteiger charge is -2.11. The van der Waals surface area contributed by atoms with Crippen LogP contribution in [0.2, 0.25) is 0 Å². The molecule has 2 aromatic rings. The molecular formula is C12H14N4O5. The third-order valence-corrected chi connectivity index (χ3v) is 2.70. The number of aliphatic hydroxyl groups is 1. The highest BCUT2D eigenvalue weighted by Gasteiger charge is 2.21. The molecule has 0 aliphatic heterocycles. The Bertz CT molecular complexity index is 607. The zero-order valence-electron chi connectivity index (χ0n) is 11.0. The third-order valence-electron chi connectivity index (χ3n) is 2.70. The summed E-state index contributed by atoms with van der Waals surface area (Å²) in [6.45, 7) is -0.0285. The Morgan fingerprint density at radius 1 is 1.43 bits per heavy atom. The van der Waals surface area contributed by atoms with Crippen LogP contribution in [-0.4, -0.2) is 49.7 Å². The average Bonchev–Trinajstić information content (AvgIpc) is 3.10. The summed E-state index contributed by atoms with van der Waals surface area (Å²) < 4.78 is 6.84. The number of carbonyl (C=O) groups is 2. The Hall–Kier alpha value is -2.68. The smallest absolute Gasteiger partial charge is 0.326 e. The van der Waals surface area contributed by atoms with Crippen molar-refractivity contribution in [2.24, 2.45) is 0 Å². The molecule has 1 atom stereocenters. The molecule has 1 amide bonds. The highest BCUT2D eigenvalue weighted by molar-refractivity contribution is 5.94. The number of hydrogen-bond donors (Lipinski definition) is 3. The Morgan fingerprint density at radius 3 is 2.86 bits per heavy atom. The van der Waals surface area contributed by atoms with Crippen molar-refractivity contribution in [1.29, 1.82) is 0 Å². The first kappa shape index (κ1) is 14.7. The standard InChI is InChI=1S/C12H14N4O5/c17-6-3-9(12(19)20)14-11(18)10-2-1-8(21-10)7-16-5-4-13-15-16/h1-2,4-5,9,17H,3,6-7H2,(H,14,18)(H,19,20)/t9-/m0/s1. The van der Waals surface area contributed by atoms with E-state index in [9.17, 15) is 9.59 Å². The first-order valence-corrected chi connectivity index (χ1v) is 6.17. The largest absolute Gasteiger partial charge is 0.480 e. The Balaban J connectivity index is 1.99. The molecule has 3 N–H and O–H groups in total. The van der Waals surface area contributed by atoms with Crippen LogP contribution >= 0.6 is 0 Å². The molecule has 0 spiro atoms. The predicted molar refractivity (Wildman–Crippen MR) is 68.4 cm³/mol. The summed E-state index contributed by atoms with van der Waals surface area (Å²) in [6, 6.07) is 1.88. The monoisotopic (exact) mass is 294 g/mol. The minimum atomic E-state index is -1.22. The van der Waals surface area contributed by atoms with E-state index in [2.05, 4.69) is 15.6 Å². The molecule has 0 fully saturated rings. The Labute approximate surface area is 119 Å². The minimum Gasteiger partial charge on any atom is -0.480 e. The van der Waals surface area contributed by atoms with Crippen molar-refractivity contribution in [3.05, 3.63) is 36.0 Å². The van der Waals surface area contributed by atoms with Gasteiger partial charge in [0, 0.05) is 19.2 Å². The van der Waals surface area contributed by atoms with Crippen LogP contribution in [0.3, 0.4) is 0 Å². The summed E-state index contributed by atoms with van der Waals surface area (Å²) in [4.78, 5) is 22.8. The van der Waals surface area contributed by atoms with E-state index in [1.165, 1.54) is 16.9 Å². The fourth-order valence-electron chi connectivity index (χ4n) is 1.68. The van der Waals surface area contributed by atoms with Crippen molar-refractivity contribution >= 4 is 11.9 Å². The number of furan rings is 1. The average molecular weight is 294 g/mol. The highest BCUT2D eigenvalue weighted by Crippen LogP contribution is 2.09. The molecule has 2 heterocycles. The lowest BCUT2D eigenvalue weighted by atomic mass is 10.2. The first-order chi connectivity index (χ1) is 10.1. The molecule has 0 bridgehead atoms. The second kappa shape index (κ2) is 6.66. The molecule has 2 rings (SSSR count). The fraction of sp³-hybridized carbons (Fsp3) is 0.333. The van der Waals surface area contributed by atoms with E-state index < -0.39 is 17.9 Å². The van der Waals surface area contributed by atoms with Gasteiger partial charge in [-0.3, -0.25) is 4.79 Å².